The van der Waals surface area contributed by atoms with E-state index in [1.807, 2.05) is 29.8 Å². The summed E-state index contributed by atoms with van der Waals surface area (Å²) >= 11 is 6.29. The maximum absolute atomic E-state index is 13.5. The van der Waals surface area contributed by atoms with Gasteiger partial charge in [0.05, 0.1) is 12.2 Å². The monoisotopic (exact) mass is 475 g/mol. The molecule has 34 heavy (non-hydrogen) atoms. The third kappa shape index (κ3) is 3.96. The Labute approximate surface area is 207 Å². The van der Waals surface area contributed by atoms with Crippen LogP contribution in [-0.4, -0.2) is 21.7 Å². The summed E-state index contributed by atoms with van der Waals surface area (Å²) < 4.78 is 1.94. The van der Waals surface area contributed by atoms with Crippen LogP contribution in [0.1, 0.15) is 67.2 Å². The zero-order valence-electron chi connectivity index (χ0n) is 20.8. The number of carbonyl (C=O) groups is 1. The summed E-state index contributed by atoms with van der Waals surface area (Å²) in [5, 5.41) is 8.94. The molecule has 2 unspecified atom stereocenters. The zero-order chi connectivity index (χ0) is 24.3. The van der Waals surface area contributed by atoms with Gasteiger partial charge in [0.15, 0.2) is 5.69 Å². The van der Waals surface area contributed by atoms with Crippen molar-refractivity contribution in [3.8, 4) is 11.3 Å². The lowest BCUT2D eigenvalue weighted by Crippen LogP contribution is -2.52. The van der Waals surface area contributed by atoms with Gasteiger partial charge in [-0.1, -0.05) is 68.3 Å². The van der Waals surface area contributed by atoms with Crippen molar-refractivity contribution in [2.45, 2.75) is 66.5 Å². The van der Waals surface area contributed by atoms with Gasteiger partial charge in [-0.05, 0) is 79.2 Å². The van der Waals surface area contributed by atoms with Crippen molar-refractivity contribution >= 4 is 17.5 Å². The minimum atomic E-state index is -0.0820. The third-order valence-corrected chi connectivity index (χ3v) is 8.89. The predicted molar refractivity (Wildman–Crippen MR) is 138 cm³/mol. The Morgan fingerprint density at radius 1 is 1.12 bits per heavy atom. The molecule has 3 aromatic rings. The molecule has 1 amide bonds. The molecule has 1 aromatic heterocycles. The van der Waals surface area contributed by atoms with Gasteiger partial charge in [0.2, 0.25) is 0 Å². The molecular weight excluding hydrogens is 442 g/mol. The van der Waals surface area contributed by atoms with Crippen molar-refractivity contribution in [1.29, 1.82) is 0 Å². The van der Waals surface area contributed by atoms with Crippen LogP contribution in [0.3, 0.4) is 0 Å². The minimum Gasteiger partial charge on any atom is -0.347 e. The van der Waals surface area contributed by atoms with Gasteiger partial charge >= 0.3 is 0 Å². The van der Waals surface area contributed by atoms with Gasteiger partial charge in [0.25, 0.3) is 5.91 Å². The van der Waals surface area contributed by atoms with Gasteiger partial charge in [-0.3, -0.25) is 9.48 Å². The summed E-state index contributed by atoms with van der Waals surface area (Å²) in [6.45, 7) is 11.6. The van der Waals surface area contributed by atoms with E-state index in [9.17, 15) is 4.79 Å². The molecule has 5 heteroatoms. The lowest BCUT2D eigenvalue weighted by molar-refractivity contribution is 0.0732. The van der Waals surface area contributed by atoms with Crippen LogP contribution in [0.15, 0.2) is 48.5 Å². The highest BCUT2D eigenvalue weighted by molar-refractivity contribution is 6.31. The van der Waals surface area contributed by atoms with Gasteiger partial charge in [0, 0.05) is 16.6 Å². The molecule has 2 aliphatic rings. The molecule has 4 nitrogen and oxygen atoms in total. The summed E-state index contributed by atoms with van der Waals surface area (Å²) in [5.41, 5.74) is 6.04. The molecule has 3 atom stereocenters. The van der Waals surface area contributed by atoms with Crippen LogP contribution in [0, 0.1) is 30.6 Å². The number of aromatic nitrogens is 2. The maximum atomic E-state index is 13.5. The summed E-state index contributed by atoms with van der Waals surface area (Å²) in [6.07, 6.45) is 3.65. The first-order chi connectivity index (χ1) is 16.1. The first-order valence-corrected chi connectivity index (χ1v) is 12.7. The average Bonchev–Trinajstić information content (AvgIpc) is 3.44. The van der Waals surface area contributed by atoms with E-state index < -0.39 is 0 Å². The first-order valence-electron chi connectivity index (χ1n) is 12.3. The molecule has 1 N–H and O–H groups in total. The van der Waals surface area contributed by atoms with E-state index in [0.717, 1.165) is 27.4 Å². The SMILES string of the molecule is Cc1ccc(Cn2nc(C(=O)NC3C(C)(C)C4CC[C@]3(C)C4)cc2-c2ccc(Cl)c(C)c2)cc1. The molecule has 0 radical (unpaired) electrons. The molecule has 0 saturated heterocycles. The Bertz CT molecular complexity index is 1240. The number of hydrogen-bond donors (Lipinski definition) is 1. The van der Waals surface area contributed by atoms with Gasteiger partial charge in [0.1, 0.15) is 0 Å². The van der Waals surface area contributed by atoms with E-state index in [-0.39, 0.29) is 22.8 Å². The fourth-order valence-corrected chi connectivity index (χ4v) is 6.54. The molecule has 2 fully saturated rings. The normalized spacial score (nSPS) is 25.0. The van der Waals surface area contributed by atoms with Crippen molar-refractivity contribution < 1.29 is 4.79 Å². The zero-order valence-corrected chi connectivity index (χ0v) is 21.5. The van der Waals surface area contributed by atoms with E-state index in [0.29, 0.717) is 18.2 Å². The molecule has 2 aliphatic carbocycles. The minimum absolute atomic E-state index is 0.0820. The molecule has 178 valence electrons. The van der Waals surface area contributed by atoms with Crippen LogP contribution in [0.2, 0.25) is 5.02 Å². The lowest BCUT2D eigenvalue weighted by atomic mass is 9.68. The number of hydrogen-bond acceptors (Lipinski definition) is 2. The van der Waals surface area contributed by atoms with Crippen LogP contribution in [0.5, 0.6) is 0 Å². The highest BCUT2D eigenvalue weighted by Gasteiger charge is 2.59. The number of benzene rings is 2. The summed E-state index contributed by atoms with van der Waals surface area (Å²) in [7, 11) is 0. The molecule has 0 spiro atoms. The van der Waals surface area contributed by atoms with Gasteiger partial charge in [-0.25, -0.2) is 0 Å². The van der Waals surface area contributed by atoms with E-state index in [2.05, 4.69) is 63.3 Å². The molecule has 5 rings (SSSR count). The van der Waals surface area contributed by atoms with E-state index in [4.69, 9.17) is 16.7 Å². The maximum Gasteiger partial charge on any atom is 0.272 e. The predicted octanol–water partition coefficient (Wildman–Crippen LogP) is 6.81. The number of amides is 1. The smallest absolute Gasteiger partial charge is 0.272 e. The third-order valence-electron chi connectivity index (χ3n) is 8.46. The van der Waals surface area contributed by atoms with Crippen molar-refractivity contribution in [2.24, 2.45) is 16.7 Å². The van der Waals surface area contributed by atoms with Crippen LogP contribution < -0.4 is 5.32 Å². The van der Waals surface area contributed by atoms with Gasteiger partial charge < -0.3 is 5.32 Å². The Balaban J connectivity index is 1.49. The number of aryl methyl sites for hydroxylation is 2. The first kappa shape index (κ1) is 23.2. The average molecular weight is 476 g/mol. The summed E-state index contributed by atoms with van der Waals surface area (Å²) in [5.74, 6) is 0.593. The van der Waals surface area contributed by atoms with E-state index in [1.54, 1.807) is 0 Å². The summed E-state index contributed by atoms with van der Waals surface area (Å²) in [4.78, 5) is 13.5. The highest BCUT2D eigenvalue weighted by Crippen LogP contribution is 2.62. The standard InChI is InChI=1S/C29H34ClN3O/c1-18-6-8-20(9-7-18)17-33-25(21-10-11-23(30)19(2)14-21)15-24(32-33)26(34)31-27-28(3,4)22-12-13-29(27,5)16-22/h6-11,14-15,22,27H,12-13,16-17H2,1-5H3,(H,31,34)/t22?,27?,29-/m1/s1. The number of carbonyl (C=O) groups excluding carboxylic acids is 1. The number of rotatable bonds is 5. The highest BCUT2D eigenvalue weighted by atomic mass is 35.5. The Morgan fingerprint density at radius 3 is 2.50 bits per heavy atom. The van der Waals surface area contributed by atoms with Gasteiger partial charge in [-0.15, -0.1) is 0 Å². The van der Waals surface area contributed by atoms with E-state index in [1.165, 1.54) is 24.8 Å². The second-order valence-electron chi connectivity index (χ2n) is 11.3. The number of fused-ring (bicyclic) bond motifs is 2. The lowest BCUT2D eigenvalue weighted by Gasteiger charge is -2.42. The number of halogens is 1. The van der Waals surface area contributed by atoms with Crippen molar-refractivity contribution in [2.75, 3.05) is 0 Å². The molecular formula is C29H34ClN3O. The summed E-state index contributed by atoms with van der Waals surface area (Å²) in [6, 6.07) is 16.5. The second-order valence-corrected chi connectivity index (χ2v) is 11.8. The largest absolute Gasteiger partial charge is 0.347 e. The van der Waals surface area contributed by atoms with E-state index >= 15 is 0 Å². The van der Waals surface area contributed by atoms with Crippen LogP contribution in [-0.2, 0) is 6.54 Å². The Hall–Kier alpha value is -2.59. The molecule has 2 saturated carbocycles. The molecule has 0 aliphatic heterocycles. The fourth-order valence-electron chi connectivity index (χ4n) is 6.42. The second kappa shape index (κ2) is 8.27. The van der Waals surface area contributed by atoms with Crippen molar-refractivity contribution in [3.05, 3.63) is 75.9 Å². The van der Waals surface area contributed by atoms with Crippen LogP contribution >= 0.6 is 11.6 Å². The molecule has 2 bridgehead atoms. The number of nitrogens with zero attached hydrogens (tertiary/aromatic N) is 2. The van der Waals surface area contributed by atoms with Crippen LogP contribution in [0.4, 0.5) is 0 Å². The fraction of sp³-hybridized carbons (Fsp3) is 0.448. The van der Waals surface area contributed by atoms with Crippen LogP contribution in [0.25, 0.3) is 11.3 Å². The van der Waals surface area contributed by atoms with Crippen molar-refractivity contribution in [3.63, 3.8) is 0 Å². The van der Waals surface area contributed by atoms with Gasteiger partial charge in [-0.2, -0.15) is 5.10 Å². The Morgan fingerprint density at radius 2 is 1.85 bits per heavy atom. The quantitative estimate of drug-likeness (QED) is 0.440. The van der Waals surface area contributed by atoms with Crippen molar-refractivity contribution in [1.82, 2.24) is 15.1 Å². The topological polar surface area (TPSA) is 46.9 Å². The molecule has 1 heterocycles. The Kier molecular flexibility index (Phi) is 5.63. The molecule has 2 aromatic carbocycles. The number of nitrogens with one attached hydrogen (secondary N) is 1.